The zero-order chi connectivity index (χ0) is 21.5. The third-order valence-electron chi connectivity index (χ3n) is 6.79. The Balaban J connectivity index is 1.05. The number of thiophene rings is 1. The van der Waals surface area contributed by atoms with E-state index in [-0.39, 0.29) is 6.10 Å². The molecular formula is C27H28N2O2S. The van der Waals surface area contributed by atoms with Gasteiger partial charge in [0.25, 0.3) is 0 Å². The quantitative estimate of drug-likeness (QED) is 0.402. The van der Waals surface area contributed by atoms with E-state index < -0.39 is 0 Å². The van der Waals surface area contributed by atoms with Crippen LogP contribution in [-0.4, -0.2) is 30.8 Å². The highest BCUT2D eigenvalue weighted by Gasteiger charge is 2.25. The van der Waals surface area contributed by atoms with Crippen LogP contribution in [0, 0.1) is 12.8 Å². The summed E-state index contributed by atoms with van der Waals surface area (Å²) in [5.74, 6) is 2.41. The molecule has 2 aliphatic rings. The summed E-state index contributed by atoms with van der Waals surface area (Å²) in [5, 5.41) is 6.13. The van der Waals surface area contributed by atoms with Crippen molar-refractivity contribution in [2.24, 2.45) is 5.92 Å². The number of aryl methyl sites for hydroxylation is 2. The van der Waals surface area contributed by atoms with Gasteiger partial charge in [0.15, 0.2) is 11.5 Å². The van der Waals surface area contributed by atoms with Crippen LogP contribution >= 0.6 is 11.3 Å². The first kappa shape index (κ1) is 20.0. The van der Waals surface area contributed by atoms with Gasteiger partial charge in [-0.05, 0) is 86.4 Å². The maximum Gasteiger partial charge on any atom is 0.171 e. The summed E-state index contributed by atoms with van der Waals surface area (Å²) in [6.07, 6.45) is 4.98. The predicted octanol–water partition coefficient (Wildman–Crippen LogP) is 5.68. The van der Waals surface area contributed by atoms with Crippen LogP contribution in [0.2, 0.25) is 0 Å². The number of aromatic nitrogens is 1. The first-order valence-electron chi connectivity index (χ1n) is 11.6. The number of hydrogen-bond acceptors (Lipinski definition) is 5. The Morgan fingerprint density at radius 2 is 2.03 bits per heavy atom. The smallest absolute Gasteiger partial charge is 0.171 e. The van der Waals surface area contributed by atoms with Gasteiger partial charge in [0, 0.05) is 27.2 Å². The highest BCUT2D eigenvalue weighted by atomic mass is 32.1. The summed E-state index contributed by atoms with van der Waals surface area (Å²) in [7, 11) is 0. The Bertz CT molecular complexity index is 1280. The molecule has 0 spiro atoms. The molecule has 1 aliphatic heterocycles. The lowest BCUT2D eigenvalue weighted by Gasteiger charge is -2.28. The number of ether oxygens (including phenoxy) is 2. The largest absolute Gasteiger partial charge is 0.486 e. The van der Waals surface area contributed by atoms with Gasteiger partial charge >= 0.3 is 0 Å². The SMILES string of the molecule is Cc1ccc2c3c(ccc2n1)OC[C@H](CNCCC1CCc2sc4ccccc4c2C1)O3. The van der Waals surface area contributed by atoms with Gasteiger partial charge in [-0.15, -0.1) is 11.3 Å². The summed E-state index contributed by atoms with van der Waals surface area (Å²) in [6.45, 7) is 4.41. The standard InChI is InChI=1S/C27H28N2O2S/c1-17-6-8-21-23(29-17)9-10-24-27(21)31-19(16-30-24)15-28-13-12-18-7-11-26-22(14-18)20-4-2-3-5-25(20)32-26/h2-6,8-10,18-19,28H,7,11-16H2,1H3/t18?,19-/m0/s1. The van der Waals surface area contributed by atoms with Gasteiger partial charge in [-0.1, -0.05) is 18.2 Å². The van der Waals surface area contributed by atoms with Crippen molar-refractivity contribution in [2.75, 3.05) is 19.7 Å². The zero-order valence-electron chi connectivity index (χ0n) is 18.4. The summed E-state index contributed by atoms with van der Waals surface area (Å²) < 4.78 is 13.8. The van der Waals surface area contributed by atoms with Crippen molar-refractivity contribution in [2.45, 2.75) is 38.7 Å². The molecule has 164 valence electrons. The first-order valence-corrected chi connectivity index (χ1v) is 12.5. The lowest BCUT2D eigenvalue weighted by Crippen LogP contribution is -2.39. The maximum atomic E-state index is 6.34. The number of rotatable bonds is 5. The van der Waals surface area contributed by atoms with Crippen LogP contribution in [-0.2, 0) is 12.8 Å². The molecule has 4 nitrogen and oxygen atoms in total. The monoisotopic (exact) mass is 444 g/mol. The Labute approximate surface area is 192 Å². The molecule has 32 heavy (non-hydrogen) atoms. The molecule has 6 rings (SSSR count). The fourth-order valence-corrected chi connectivity index (χ4v) is 6.34. The summed E-state index contributed by atoms with van der Waals surface area (Å²) in [5.41, 5.74) is 3.58. The second kappa shape index (κ2) is 8.38. The third kappa shape index (κ3) is 3.74. The van der Waals surface area contributed by atoms with Crippen molar-refractivity contribution in [1.29, 1.82) is 0 Å². The first-order chi connectivity index (χ1) is 15.7. The average Bonchev–Trinajstić information content (AvgIpc) is 3.19. The van der Waals surface area contributed by atoms with E-state index in [4.69, 9.17) is 9.47 Å². The molecular weight excluding hydrogens is 416 g/mol. The van der Waals surface area contributed by atoms with Gasteiger partial charge < -0.3 is 14.8 Å². The zero-order valence-corrected chi connectivity index (χ0v) is 19.2. The summed E-state index contributed by atoms with van der Waals surface area (Å²) in [6, 6.07) is 17.0. The Kier molecular flexibility index (Phi) is 5.24. The van der Waals surface area contributed by atoms with Gasteiger partial charge in [0.1, 0.15) is 12.7 Å². The minimum Gasteiger partial charge on any atom is -0.486 e. The molecule has 2 aromatic heterocycles. The minimum absolute atomic E-state index is 0.0215. The fourth-order valence-electron chi connectivity index (χ4n) is 5.09. The summed E-state index contributed by atoms with van der Waals surface area (Å²) in [4.78, 5) is 6.23. The molecule has 3 heterocycles. The van der Waals surface area contributed by atoms with E-state index in [1.807, 2.05) is 36.5 Å². The lowest BCUT2D eigenvalue weighted by atomic mass is 9.85. The molecule has 4 aromatic rings. The molecule has 1 unspecified atom stereocenters. The molecule has 1 aliphatic carbocycles. The third-order valence-corrected chi connectivity index (χ3v) is 8.06. The van der Waals surface area contributed by atoms with Crippen LogP contribution in [0.25, 0.3) is 21.0 Å². The highest BCUT2D eigenvalue weighted by molar-refractivity contribution is 7.19. The number of hydrogen-bond donors (Lipinski definition) is 1. The molecule has 2 atom stereocenters. The van der Waals surface area contributed by atoms with Crippen molar-refractivity contribution in [3.63, 3.8) is 0 Å². The van der Waals surface area contributed by atoms with Gasteiger partial charge in [-0.2, -0.15) is 0 Å². The fraction of sp³-hybridized carbons (Fsp3) is 0.370. The van der Waals surface area contributed by atoms with E-state index in [1.54, 1.807) is 10.4 Å². The van der Waals surface area contributed by atoms with Gasteiger partial charge in [0.2, 0.25) is 0 Å². The van der Waals surface area contributed by atoms with Crippen LogP contribution in [0.1, 0.15) is 29.0 Å². The van der Waals surface area contributed by atoms with Crippen molar-refractivity contribution in [3.05, 3.63) is 64.7 Å². The van der Waals surface area contributed by atoms with Crippen molar-refractivity contribution in [3.8, 4) is 11.5 Å². The van der Waals surface area contributed by atoms with Crippen LogP contribution in [0.4, 0.5) is 0 Å². The molecule has 5 heteroatoms. The van der Waals surface area contributed by atoms with Crippen molar-refractivity contribution in [1.82, 2.24) is 10.3 Å². The topological polar surface area (TPSA) is 43.4 Å². The molecule has 1 N–H and O–H groups in total. The lowest BCUT2D eigenvalue weighted by molar-refractivity contribution is 0.0922. The highest BCUT2D eigenvalue weighted by Crippen LogP contribution is 2.39. The minimum atomic E-state index is 0.0215. The molecule has 0 radical (unpaired) electrons. The molecule has 0 amide bonds. The normalized spacial score (nSPS) is 19.9. The van der Waals surface area contributed by atoms with E-state index >= 15 is 0 Å². The molecule has 0 saturated carbocycles. The van der Waals surface area contributed by atoms with E-state index in [0.29, 0.717) is 6.61 Å². The molecule has 0 bridgehead atoms. The number of benzene rings is 2. The van der Waals surface area contributed by atoms with Gasteiger partial charge in [0.05, 0.1) is 5.52 Å². The van der Waals surface area contributed by atoms with Crippen LogP contribution < -0.4 is 14.8 Å². The Morgan fingerprint density at radius 3 is 3.00 bits per heavy atom. The number of nitrogens with zero attached hydrogens (tertiary/aromatic N) is 1. The van der Waals surface area contributed by atoms with Gasteiger partial charge in [-0.25, -0.2) is 0 Å². The second-order valence-corrected chi connectivity index (χ2v) is 10.2. The van der Waals surface area contributed by atoms with Crippen molar-refractivity contribution >= 4 is 32.3 Å². The molecule has 0 saturated heterocycles. The molecule has 0 fully saturated rings. The second-order valence-electron chi connectivity index (χ2n) is 9.06. The Hall–Kier alpha value is -2.63. The van der Waals surface area contributed by atoms with Crippen LogP contribution in [0.15, 0.2) is 48.5 Å². The van der Waals surface area contributed by atoms with E-state index in [2.05, 4.69) is 40.6 Å². The number of fused-ring (bicyclic) bond motifs is 6. The van der Waals surface area contributed by atoms with E-state index in [1.165, 1.54) is 35.8 Å². The Morgan fingerprint density at radius 1 is 1.09 bits per heavy atom. The van der Waals surface area contributed by atoms with Crippen molar-refractivity contribution < 1.29 is 9.47 Å². The van der Waals surface area contributed by atoms with Gasteiger partial charge in [-0.3, -0.25) is 4.98 Å². The van der Waals surface area contributed by atoms with Crippen LogP contribution in [0.3, 0.4) is 0 Å². The number of nitrogens with one attached hydrogen (secondary N) is 1. The average molecular weight is 445 g/mol. The summed E-state index contributed by atoms with van der Waals surface area (Å²) >= 11 is 1.99. The number of pyridine rings is 1. The molecule has 2 aromatic carbocycles. The van der Waals surface area contributed by atoms with E-state index in [0.717, 1.165) is 47.1 Å². The maximum absolute atomic E-state index is 6.34. The van der Waals surface area contributed by atoms with E-state index in [9.17, 15) is 0 Å². The van der Waals surface area contributed by atoms with Crippen LogP contribution in [0.5, 0.6) is 11.5 Å². The predicted molar refractivity (Wildman–Crippen MR) is 131 cm³/mol.